The standard InChI is InChI=1S/C28H32O5S/c1-7-12-31-28(30)33-24-15-23(21(6)16-34-22-10-8-17(2)9-11-22)32-27(29)26(24)25-19(4)13-18(3)14-20(25)5/h7-11,13-14,21,23H,1,12,15-16H2,2-6H3. The molecule has 1 aliphatic heterocycles. The Labute approximate surface area is 206 Å². The number of hydrogen-bond acceptors (Lipinski definition) is 6. The minimum Gasteiger partial charge on any atom is -0.458 e. The van der Waals surface area contributed by atoms with Crippen LogP contribution in [-0.2, 0) is 19.0 Å². The van der Waals surface area contributed by atoms with Gasteiger partial charge in [-0.3, -0.25) is 0 Å². The van der Waals surface area contributed by atoms with Gasteiger partial charge in [-0.25, -0.2) is 9.59 Å². The molecule has 2 unspecified atom stereocenters. The van der Waals surface area contributed by atoms with Gasteiger partial charge in [-0.1, -0.05) is 55.0 Å². The molecule has 0 spiro atoms. The lowest BCUT2D eigenvalue weighted by molar-refractivity contribution is -0.145. The van der Waals surface area contributed by atoms with E-state index in [0.717, 1.165) is 32.9 Å². The summed E-state index contributed by atoms with van der Waals surface area (Å²) in [6.45, 7) is 13.6. The maximum absolute atomic E-state index is 13.3. The second-order valence-corrected chi connectivity index (χ2v) is 9.87. The second kappa shape index (κ2) is 11.4. The van der Waals surface area contributed by atoms with Crippen molar-refractivity contribution < 1.29 is 23.8 Å². The molecule has 0 aliphatic carbocycles. The zero-order chi connectivity index (χ0) is 24.8. The van der Waals surface area contributed by atoms with E-state index in [-0.39, 0.29) is 18.3 Å². The molecule has 0 radical (unpaired) electrons. The van der Waals surface area contributed by atoms with Gasteiger partial charge >= 0.3 is 12.1 Å². The molecule has 0 aromatic heterocycles. The largest absolute Gasteiger partial charge is 0.513 e. The van der Waals surface area contributed by atoms with Crippen molar-refractivity contribution in [3.63, 3.8) is 0 Å². The number of thioether (sulfide) groups is 1. The molecule has 0 amide bonds. The molecule has 34 heavy (non-hydrogen) atoms. The normalized spacial score (nSPS) is 16.6. The molecular formula is C28H32O5S. The van der Waals surface area contributed by atoms with Crippen LogP contribution in [0.5, 0.6) is 0 Å². The van der Waals surface area contributed by atoms with E-state index >= 15 is 0 Å². The summed E-state index contributed by atoms with van der Waals surface area (Å²) in [7, 11) is 0. The fourth-order valence-electron chi connectivity index (χ4n) is 4.09. The molecule has 2 atom stereocenters. The first kappa shape index (κ1) is 25.6. The minimum absolute atomic E-state index is 0.0293. The van der Waals surface area contributed by atoms with Crippen molar-refractivity contribution in [3.8, 4) is 0 Å². The Morgan fingerprint density at radius 2 is 1.79 bits per heavy atom. The van der Waals surface area contributed by atoms with E-state index in [4.69, 9.17) is 14.2 Å². The predicted molar refractivity (Wildman–Crippen MR) is 136 cm³/mol. The van der Waals surface area contributed by atoms with E-state index in [1.807, 2.05) is 39.8 Å². The number of ether oxygens (including phenoxy) is 3. The first-order chi connectivity index (χ1) is 16.2. The molecule has 5 nitrogen and oxygen atoms in total. The van der Waals surface area contributed by atoms with E-state index < -0.39 is 18.2 Å². The summed E-state index contributed by atoms with van der Waals surface area (Å²) >= 11 is 1.71. The van der Waals surface area contributed by atoms with Crippen molar-refractivity contribution in [2.75, 3.05) is 12.4 Å². The quantitative estimate of drug-likeness (QED) is 0.238. The maximum atomic E-state index is 13.3. The first-order valence-corrected chi connectivity index (χ1v) is 12.4. The Kier molecular flexibility index (Phi) is 8.61. The average Bonchev–Trinajstić information content (AvgIpc) is 2.78. The van der Waals surface area contributed by atoms with Crippen LogP contribution in [0, 0.1) is 33.6 Å². The van der Waals surface area contributed by atoms with E-state index in [9.17, 15) is 9.59 Å². The Bertz CT molecular complexity index is 1080. The smallest absolute Gasteiger partial charge is 0.458 e. The number of benzene rings is 2. The van der Waals surface area contributed by atoms with Gasteiger partial charge in [0.05, 0.1) is 0 Å². The summed E-state index contributed by atoms with van der Waals surface area (Å²) in [5, 5.41) is 0. The summed E-state index contributed by atoms with van der Waals surface area (Å²) in [6.07, 6.45) is 0.493. The third-order valence-corrected chi connectivity index (χ3v) is 7.05. The molecule has 0 fully saturated rings. The molecular weight excluding hydrogens is 448 g/mol. The van der Waals surface area contributed by atoms with Gasteiger partial charge in [-0.2, -0.15) is 0 Å². The highest BCUT2D eigenvalue weighted by Crippen LogP contribution is 2.37. The van der Waals surface area contributed by atoms with Gasteiger partial charge in [0, 0.05) is 23.0 Å². The molecule has 1 heterocycles. The summed E-state index contributed by atoms with van der Waals surface area (Å²) < 4.78 is 16.5. The van der Waals surface area contributed by atoms with Crippen LogP contribution in [0.25, 0.3) is 5.57 Å². The van der Waals surface area contributed by atoms with Crippen LogP contribution in [0.3, 0.4) is 0 Å². The number of esters is 1. The highest BCUT2D eigenvalue weighted by Gasteiger charge is 2.36. The zero-order valence-electron chi connectivity index (χ0n) is 20.5. The molecule has 2 aromatic carbocycles. The van der Waals surface area contributed by atoms with Crippen LogP contribution >= 0.6 is 11.8 Å². The molecule has 0 N–H and O–H groups in total. The average molecular weight is 481 g/mol. The van der Waals surface area contributed by atoms with E-state index in [1.165, 1.54) is 11.6 Å². The number of carbonyl (C=O) groups is 2. The van der Waals surface area contributed by atoms with Crippen molar-refractivity contribution in [2.24, 2.45) is 5.92 Å². The Hall–Kier alpha value is -2.99. The van der Waals surface area contributed by atoms with Gasteiger partial charge in [0.15, 0.2) is 0 Å². The Morgan fingerprint density at radius 3 is 2.41 bits per heavy atom. The number of rotatable bonds is 8. The number of carbonyl (C=O) groups excluding carboxylic acids is 2. The van der Waals surface area contributed by atoms with Crippen LogP contribution in [0.15, 0.2) is 59.7 Å². The molecule has 0 bridgehead atoms. The van der Waals surface area contributed by atoms with Crippen molar-refractivity contribution in [3.05, 3.63) is 82.6 Å². The van der Waals surface area contributed by atoms with Crippen LogP contribution < -0.4 is 0 Å². The highest BCUT2D eigenvalue weighted by atomic mass is 32.2. The third kappa shape index (κ3) is 6.32. The van der Waals surface area contributed by atoms with Crippen molar-refractivity contribution in [2.45, 2.75) is 52.0 Å². The maximum Gasteiger partial charge on any atom is 0.513 e. The van der Waals surface area contributed by atoms with E-state index in [2.05, 4.69) is 37.8 Å². The van der Waals surface area contributed by atoms with Gasteiger partial charge in [0.2, 0.25) is 0 Å². The third-order valence-electron chi connectivity index (χ3n) is 5.75. The van der Waals surface area contributed by atoms with Crippen LogP contribution in [0.2, 0.25) is 0 Å². The summed E-state index contributed by atoms with van der Waals surface area (Å²) in [6, 6.07) is 12.3. The molecule has 0 saturated carbocycles. The zero-order valence-corrected chi connectivity index (χ0v) is 21.3. The van der Waals surface area contributed by atoms with Crippen LogP contribution in [-0.4, -0.2) is 30.6 Å². The highest BCUT2D eigenvalue weighted by molar-refractivity contribution is 7.99. The lowest BCUT2D eigenvalue weighted by atomic mass is 9.89. The van der Waals surface area contributed by atoms with E-state index in [1.54, 1.807) is 11.8 Å². The van der Waals surface area contributed by atoms with Crippen molar-refractivity contribution in [1.29, 1.82) is 0 Å². The fourth-order valence-corrected chi connectivity index (χ4v) is 5.09. The second-order valence-electron chi connectivity index (χ2n) is 8.77. The lowest BCUT2D eigenvalue weighted by Crippen LogP contribution is -2.33. The summed E-state index contributed by atoms with van der Waals surface area (Å²) in [4.78, 5) is 26.7. The van der Waals surface area contributed by atoms with Gasteiger partial charge in [-0.15, -0.1) is 11.8 Å². The Balaban J connectivity index is 1.88. The molecule has 3 rings (SSSR count). The predicted octanol–water partition coefficient (Wildman–Crippen LogP) is 6.71. The van der Waals surface area contributed by atoms with Crippen molar-refractivity contribution >= 4 is 29.5 Å². The van der Waals surface area contributed by atoms with Gasteiger partial charge < -0.3 is 14.2 Å². The number of aryl methyl sites for hydroxylation is 4. The molecule has 2 aromatic rings. The molecule has 6 heteroatoms. The van der Waals surface area contributed by atoms with Crippen LogP contribution in [0.4, 0.5) is 4.79 Å². The molecule has 1 aliphatic rings. The van der Waals surface area contributed by atoms with Crippen molar-refractivity contribution in [1.82, 2.24) is 0 Å². The fraction of sp³-hybridized carbons (Fsp3) is 0.357. The summed E-state index contributed by atoms with van der Waals surface area (Å²) in [5.74, 6) is 0.606. The monoisotopic (exact) mass is 480 g/mol. The molecule has 180 valence electrons. The van der Waals surface area contributed by atoms with E-state index in [0.29, 0.717) is 12.0 Å². The molecule has 0 saturated heterocycles. The topological polar surface area (TPSA) is 61.8 Å². The van der Waals surface area contributed by atoms with Gasteiger partial charge in [0.25, 0.3) is 0 Å². The van der Waals surface area contributed by atoms with Gasteiger partial charge in [-0.05, 0) is 56.5 Å². The van der Waals surface area contributed by atoms with Gasteiger partial charge in [0.1, 0.15) is 24.0 Å². The Morgan fingerprint density at radius 1 is 1.15 bits per heavy atom. The lowest BCUT2D eigenvalue weighted by Gasteiger charge is -2.31. The summed E-state index contributed by atoms with van der Waals surface area (Å²) in [5.41, 5.74) is 5.18. The number of hydrogen-bond donors (Lipinski definition) is 0. The number of cyclic esters (lactones) is 1. The van der Waals surface area contributed by atoms with Crippen LogP contribution in [0.1, 0.15) is 41.2 Å². The SMILES string of the molecule is C=CCOC(=O)OC1=C(c2c(C)cc(C)cc2C)C(=O)OC(C(C)CSc2ccc(C)cc2)C1. The minimum atomic E-state index is -0.857. The first-order valence-electron chi connectivity index (χ1n) is 11.4.